The van der Waals surface area contributed by atoms with Crippen molar-refractivity contribution in [3.8, 4) is 5.75 Å². The zero-order chi connectivity index (χ0) is 16.9. The van der Waals surface area contributed by atoms with Crippen molar-refractivity contribution in [1.29, 1.82) is 0 Å². The Morgan fingerprint density at radius 2 is 2.17 bits per heavy atom. The monoisotopic (exact) mass is 332 g/mol. The lowest BCUT2D eigenvalue weighted by Gasteiger charge is -2.17. The average Bonchev–Trinajstić information content (AvgIpc) is 3.24. The number of ether oxygens (including phenoxy) is 2. The maximum absolute atomic E-state index is 12.3. The van der Waals surface area contributed by atoms with Gasteiger partial charge in [-0.3, -0.25) is 9.59 Å². The van der Waals surface area contributed by atoms with Crippen LogP contribution in [0.4, 0.5) is 0 Å². The predicted octanol–water partition coefficient (Wildman–Crippen LogP) is 1.34. The molecule has 1 N–H and O–H groups in total. The maximum atomic E-state index is 12.3. The van der Waals surface area contributed by atoms with Gasteiger partial charge in [-0.05, 0) is 30.5 Å². The number of nitrogens with one attached hydrogen (secondary N) is 1. The van der Waals surface area contributed by atoms with Crippen LogP contribution < -0.4 is 10.1 Å². The first-order chi connectivity index (χ1) is 11.7. The number of carbonyl (C=O) groups excluding carboxylic acids is 2. The normalized spacial score (nSPS) is 23.5. The molecule has 3 rings (SSSR count). The molecule has 0 unspecified atom stereocenters. The van der Waals surface area contributed by atoms with Crippen LogP contribution >= 0.6 is 0 Å². The van der Waals surface area contributed by atoms with Gasteiger partial charge in [-0.25, -0.2) is 0 Å². The summed E-state index contributed by atoms with van der Waals surface area (Å²) in [7, 11) is 1.62. The van der Waals surface area contributed by atoms with Crippen LogP contribution in [0.25, 0.3) is 0 Å². The molecule has 6 nitrogen and oxygen atoms in total. The summed E-state index contributed by atoms with van der Waals surface area (Å²) >= 11 is 0. The van der Waals surface area contributed by atoms with Gasteiger partial charge in [0.05, 0.1) is 19.1 Å². The number of carbonyl (C=O) groups is 2. The van der Waals surface area contributed by atoms with E-state index in [1.807, 2.05) is 24.3 Å². The van der Waals surface area contributed by atoms with Gasteiger partial charge in [0, 0.05) is 32.7 Å². The summed E-state index contributed by atoms with van der Waals surface area (Å²) in [4.78, 5) is 26.2. The molecule has 0 spiro atoms. The van der Waals surface area contributed by atoms with Crippen molar-refractivity contribution < 1.29 is 19.1 Å². The fourth-order valence-corrected chi connectivity index (χ4v) is 3.22. The number of methoxy groups -OCH3 is 1. The van der Waals surface area contributed by atoms with Crippen molar-refractivity contribution in [2.75, 3.05) is 26.8 Å². The van der Waals surface area contributed by atoms with Crippen LogP contribution in [0.1, 0.15) is 24.8 Å². The van der Waals surface area contributed by atoms with Crippen molar-refractivity contribution in [2.45, 2.75) is 31.9 Å². The molecule has 2 fully saturated rings. The third-order valence-electron chi connectivity index (χ3n) is 4.65. The van der Waals surface area contributed by atoms with Crippen molar-refractivity contribution in [3.05, 3.63) is 29.8 Å². The summed E-state index contributed by atoms with van der Waals surface area (Å²) in [6.45, 7) is 2.32. The van der Waals surface area contributed by atoms with E-state index in [1.54, 1.807) is 12.0 Å². The van der Waals surface area contributed by atoms with Gasteiger partial charge >= 0.3 is 0 Å². The maximum Gasteiger partial charge on any atom is 0.225 e. The first-order valence-corrected chi connectivity index (χ1v) is 8.45. The van der Waals surface area contributed by atoms with Gasteiger partial charge in [0.2, 0.25) is 11.8 Å². The van der Waals surface area contributed by atoms with Crippen LogP contribution in [-0.4, -0.2) is 49.6 Å². The van der Waals surface area contributed by atoms with Crippen LogP contribution in [0.2, 0.25) is 0 Å². The third-order valence-corrected chi connectivity index (χ3v) is 4.65. The molecule has 0 bridgehead atoms. The molecular weight excluding hydrogens is 308 g/mol. The quantitative estimate of drug-likeness (QED) is 0.854. The number of nitrogens with zero attached hydrogens (tertiary/aromatic N) is 1. The molecule has 130 valence electrons. The summed E-state index contributed by atoms with van der Waals surface area (Å²) in [5.41, 5.74) is 1.03. The van der Waals surface area contributed by atoms with Crippen LogP contribution in [0.3, 0.4) is 0 Å². The van der Waals surface area contributed by atoms with Crippen LogP contribution in [-0.2, 0) is 20.9 Å². The van der Waals surface area contributed by atoms with Crippen LogP contribution in [0.5, 0.6) is 5.75 Å². The van der Waals surface area contributed by atoms with E-state index >= 15 is 0 Å². The molecule has 2 amide bonds. The molecule has 2 saturated heterocycles. The Kier molecular flexibility index (Phi) is 5.35. The number of benzene rings is 1. The molecule has 6 heteroatoms. The van der Waals surface area contributed by atoms with E-state index in [0.717, 1.165) is 30.8 Å². The second-order valence-electron chi connectivity index (χ2n) is 6.40. The number of hydrogen-bond donors (Lipinski definition) is 1. The third kappa shape index (κ3) is 4.06. The Bertz CT molecular complexity index is 581. The highest BCUT2D eigenvalue weighted by Gasteiger charge is 2.34. The molecule has 24 heavy (non-hydrogen) atoms. The molecule has 2 aliphatic rings. The summed E-state index contributed by atoms with van der Waals surface area (Å²) in [6, 6.07) is 7.64. The van der Waals surface area contributed by atoms with Crippen LogP contribution in [0, 0.1) is 5.92 Å². The topological polar surface area (TPSA) is 67.9 Å². The standard InChI is InChI=1S/C18H24N2O4/c1-23-15-6-4-13(5-7-15)11-20-12-14(9-17(20)21)18(22)19-10-16-3-2-8-24-16/h4-7,14,16H,2-3,8-12H2,1H3,(H,19,22)/t14-,16-/m0/s1. The molecule has 1 aromatic rings. The minimum atomic E-state index is -0.267. The van der Waals surface area contributed by atoms with Crippen molar-refractivity contribution >= 4 is 11.8 Å². The second kappa shape index (κ2) is 7.66. The van der Waals surface area contributed by atoms with E-state index in [4.69, 9.17) is 9.47 Å². The van der Waals surface area contributed by atoms with E-state index in [-0.39, 0.29) is 30.3 Å². The average molecular weight is 332 g/mol. The lowest BCUT2D eigenvalue weighted by atomic mass is 10.1. The molecule has 2 aliphatic heterocycles. The predicted molar refractivity (Wildman–Crippen MR) is 88.5 cm³/mol. The van der Waals surface area contributed by atoms with E-state index in [1.165, 1.54) is 0 Å². The van der Waals surface area contributed by atoms with Crippen molar-refractivity contribution in [3.63, 3.8) is 0 Å². The molecule has 2 atom stereocenters. The molecule has 0 aromatic heterocycles. The highest BCUT2D eigenvalue weighted by Crippen LogP contribution is 2.21. The summed E-state index contributed by atoms with van der Waals surface area (Å²) in [5, 5.41) is 2.93. The molecule has 0 saturated carbocycles. The van der Waals surface area contributed by atoms with Gasteiger partial charge in [-0.1, -0.05) is 12.1 Å². The van der Waals surface area contributed by atoms with Gasteiger partial charge in [-0.2, -0.15) is 0 Å². The Morgan fingerprint density at radius 3 is 2.83 bits per heavy atom. The van der Waals surface area contributed by atoms with Crippen molar-refractivity contribution in [1.82, 2.24) is 10.2 Å². The van der Waals surface area contributed by atoms with Gasteiger partial charge < -0.3 is 19.7 Å². The lowest BCUT2D eigenvalue weighted by Crippen LogP contribution is -2.37. The molecular formula is C18H24N2O4. The van der Waals surface area contributed by atoms with E-state index in [0.29, 0.717) is 19.6 Å². The zero-order valence-electron chi connectivity index (χ0n) is 14.0. The van der Waals surface area contributed by atoms with Gasteiger partial charge in [0.15, 0.2) is 0 Å². The number of amides is 2. The Labute approximate surface area is 142 Å². The minimum Gasteiger partial charge on any atom is -0.497 e. The fourth-order valence-electron chi connectivity index (χ4n) is 3.22. The second-order valence-corrected chi connectivity index (χ2v) is 6.40. The van der Waals surface area contributed by atoms with E-state index < -0.39 is 0 Å². The first kappa shape index (κ1) is 16.8. The molecule has 0 aliphatic carbocycles. The first-order valence-electron chi connectivity index (χ1n) is 8.45. The highest BCUT2D eigenvalue weighted by molar-refractivity contribution is 5.89. The highest BCUT2D eigenvalue weighted by atomic mass is 16.5. The SMILES string of the molecule is COc1ccc(CN2C[C@@H](C(=O)NC[C@@H]3CCCO3)CC2=O)cc1. The number of hydrogen-bond acceptors (Lipinski definition) is 4. The zero-order valence-corrected chi connectivity index (χ0v) is 14.0. The number of rotatable bonds is 6. The Hall–Kier alpha value is -2.08. The molecule has 2 heterocycles. The minimum absolute atomic E-state index is 0.0306. The summed E-state index contributed by atoms with van der Waals surface area (Å²) in [5.74, 6) is 0.509. The number of likely N-dealkylation sites (tertiary alicyclic amines) is 1. The Balaban J connectivity index is 1.49. The van der Waals surface area contributed by atoms with E-state index in [9.17, 15) is 9.59 Å². The van der Waals surface area contributed by atoms with Gasteiger partial charge in [0.25, 0.3) is 0 Å². The smallest absolute Gasteiger partial charge is 0.225 e. The Morgan fingerprint density at radius 1 is 1.38 bits per heavy atom. The fraction of sp³-hybridized carbons (Fsp3) is 0.556. The van der Waals surface area contributed by atoms with Crippen molar-refractivity contribution in [2.24, 2.45) is 5.92 Å². The molecule has 1 aromatic carbocycles. The van der Waals surface area contributed by atoms with E-state index in [2.05, 4.69) is 5.32 Å². The summed E-state index contributed by atoms with van der Waals surface area (Å²) in [6.07, 6.45) is 2.46. The lowest BCUT2D eigenvalue weighted by molar-refractivity contribution is -0.129. The molecule has 0 radical (unpaired) electrons. The van der Waals surface area contributed by atoms with Gasteiger partial charge in [-0.15, -0.1) is 0 Å². The summed E-state index contributed by atoms with van der Waals surface area (Å²) < 4.78 is 10.6. The largest absolute Gasteiger partial charge is 0.497 e. The van der Waals surface area contributed by atoms with Crippen LogP contribution in [0.15, 0.2) is 24.3 Å². The van der Waals surface area contributed by atoms with Gasteiger partial charge in [0.1, 0.15) is 5.75 Å².